The van der Waals surface area contributed by atoms with Gasteiger partial charge in [-0.1, -0.05) is 19.3 Å². The number of amides is 2. The van der Waals surface area contributed by atoms with Crippen LogP contribution in [0.1, 0.15) is 55.8 Å². The Morgan fingerprint density at radius 2 is 2.04 bits per heavy atom. The van der Waals surface area contributed by atoms with E-state index in [1.165, 1.54) is 30.6 Å². The van der Waals surface area contributed by atoms with E-state index in [2.05, 4.69) is 15.7 Å². The van der Waals surface area contributed by atoms with Gasteiger partial charge in [0.25, 0.3) is 5.91 Å². The van der Waals surface area contributed by atoms with E-state index in [0.717, 1.165) is 25.7 Å². The number of nitrogens with zero attached hydrogens (tertiary/aromatic N) is 2. The first kappa shape index (κ1) is 20.9. The summed E-state index contributed by atoms with van der Waals surface area (Å²) >= 11 is 0. The van der Waals surface area contributed by atoms with Crippen LogP contribution in [0.5, 0.6) is 0 Å². The van der Waals surface area contributed by atoms with Gasteiger partial charge in [-0.05, 0) is 19.8 Å². The van der Waals surface area contributed by atoms with Gasteiger partial charge in [-0.25, -0.2) is 0 Å². The quantitative estimate of drug-likeness (QED) is 0.586. The summed E-state index contributed by atoms with van der Waals surface area (Å²) in [6.07, 6.45) is 8.04. The molecule has 1 aromatic rings. The Bertz CT molecular complexity index is 668. The molecule has 0 saturated heterocycles. The molecule has 1 aliphatic rings. The average molecular weight is 380 g/mol. The maximum absolute atomic E-state index is 12.4. The topological polar surface area (TPSA) is 123 Å². The summed E-state index contributed by atoms with van der Waals surface area (Å²) in [7, 11) is 1.44. The van der Waals surface area contributed by atoms with E-state index >= 15 is 0 Å². The second-order valence-corrected chi connectivity index (χ2v) is 7.35. The molecule has 0 spiro atoms. The average Bonchev–Trinajstić information content (AvgIpc) is 3.03. The lowest BCUT2D eigenvalue weighted by Gasteiger charge is -2.28. The van der Waals surface area contributed by atoms with Crippen molar-refractivity contribution >= 4 is 17.8 Å². The minimum atomic E-state index is -1.04. The van der Waals surface area contributed by atoms with Crippen LogP contribution >= 0.6 is 0 Å². The molecule has 1 unspecified atom stereocenters. The molecule has 150 valence electrons. The van der Waals surface area contributed by atoms with Gasteiger partial charge in [0.05, 0.1) is 30.3 Å². The number of carboxylic acid groups (broad SMARTS) is 1. The van der Waals surface area contributed by atoms with Crippen LogP contribution in [0.3, 0.4) is 0 Å². The van der Waals surface area contributed by atoms with E-state index < -0.39 is 17.4 Å². The first-order valence-corrected chi connectivity index (χ1v) is 9.16. The number of aliphatic carboxylic acids is 1. The van der Waals surface area contributed by atoms with Crippen molar-refractivity contribution < 1.29 is 24.2 Å². The predicted molar refractivity (Wildman–Crippen MR) is 97.2 cm³/mol. The lowest BCUT2D eigenvalue weighted by atomic mass is 9.95. The predicted octanol–water partition coefficient (Wildman–Crippen LogP) is 0.942. The van der Waals surface area contributed by atoms with E-state index in [1.807, 2.05) is 0 Å². The van der Waals surface area contributed by atoms with Crippen molar-refractivity contribution in [2.75, 3.05) is 13.7 Å². The van der Waals surface area contributed by atoms with Gasteiger partial charge in [-0.2, -0.15) is 5.10 Å². The summed E-state index contributed by atoms with van der Waals surface area (Å²) in [6, 6.07) is 0.218. The van der Waals surface area contributed by atoms with Crippen molar-refractivity contribution in [3.05, 3.63) is 18.0 Å². The van der Waals surface area contributed by atoms with Gasteiger partial charge in [0.2, 0.25) is 5.91 Å². The zero-order valence-electron chi connectivity index (χ0n) is 15.9. The third-order valence-electron chi connectivity index (χ3n) is 4.59. The monoisotopic (exact) mass is 380 g/mol. The van der Waals surface area contributed by atoms with Crippen LogP contribution in [-0.2, 0) is 20.9 Å². The number of carboxylic acids is 1. The molecular formula is C18H28N4O5. The lowest BCUT2D eigenvalue weighted by molar-refractivity contribution is -0.139. The molecule has 2 amide bonds. The fourth-order valence-electron chi connectivity index (χ4n) is 3.36. The third-order valence-corrected chi connectivity index (χ3v) is 4.59. The largest absolute Gasteiger partial charge is 0.481 e. The van der Waals surface area contributed by atoms with E-state index in [4.69, 9.17) is 9.84 Å². The Morgan fingerprint density at radius 3 is 2.67 bits per heavy atom. The molecule has 2 rings (SSSR count). The Labute approximate surface area is 158 Å². The highest BCUT2D eigenvalue weighted by Crippen LogP contribution is 2.17. The van der Waals surface area contributed by atoms with Crippen LogP contribution in [0.15, 0.2) is 12.4 Å². The minimum Gasteiger partial charge on any atom is -0.481 e. The van der Waals surface area contributed by atoms with E-state index in [-0.39, 0.29) is 37.1 Å². The number of nitrogens with one attached hydrogen (secondary N) is 2. The van der Waals surface area contributed by atoms with Crippen LogP contribution in [0.4, 0.5) is 0 Å². The van der Waals surface area contributed by atoms with Crippen LogP contribution in [0, 0.1) is 0 Å². The summed E-state index contributed by atoms with van der Waals surface area (Å²) in [5.74, 6) is -1.63. The molecule has 1 aromatic heterocycles. The second kappa shape index (κ2) is 9.50. The van der Waals surface area contributed by atoms with Crippen LogP contribution in [0.2, 0.25) is 0 Å². The molecule has 1 heterocycles. The van der Waals surface area contributed by atoms with Crippen molar-refractivity contribution in [2.24, 2.45) is 0 Å². The molecule has 0 radical (unpaired) electrons. The standard InChI is InChI=1S/C18H28N4O5/c1-18(12-27-2,8-16(24)25)21-17(26)13-9-19-22(10-13)11-15(23)20-14-6-4-3-5-7-14/h9-10,14H,3-8,11-12H2,1-2H3,(H,20,23)(H,21,26)(H,24,25). The highest BCUT2D eigenvalue weighted by atomic mass is 16.5. The summed E-state index contributed by atoms with van der Waals surface area (Å²) in [5.41, 5.74) is -0.786. The van der Waals surface area contributed by atoms with E-state index in [9.17, 15) is 14.4 Å². The smallest absolute Gasteiger partial charge is 0.305 e. The number of hydrogen-bond acceptors (Lipinski definition) is 5. The van der Waals surface area contributed by atoms with Crippen LogP contribution in [-0.4, -0.2) is 58.0 Å². The van der Waals surface area contributed by atoms with Gasteiger partial charge in [0.1, 0.15) is 6.54 Å². The molecule has 1 fully saturated rings. The third kappa shape index (κ3) is 6.67. The fourth-order valence-corrected chi connectivity index (χ4v) is 3.36. The van der Waals surface area contributed by atoms with E-state index in [0.29, 0.717) is 0 Å². The van der Waals surface area contributed by atoms with Crippen molar-refractivity contribution in [3.8, 4) is 0 Å². The Kier molecular flexibility index (Phi) is 7.35. The number of carbonyl (C=O) groups is 3. The molecule has 0 bridgehead atoms. The molecule has 27 heavy (non-hydrogen) atoms. The Hall–Kier alpha value is -2.42. The Morgan fingerprint density at radius 1 is 1.33 bits per heavy atom. The molecule has 0 aliphatic heterocycles. The number of aromatic nitrogens is 2. The molecular weight excluding hydrogens is 352 g/mol. The van der Waals surface area contributed by atoms with Crippen LogP contribution < -0.4 is 10.6 Å². The molecule has 1 atom stereocenters. The molecule has 3 N–H and O–H groups in total. The van der Waals surface area contributed by atoms with Gasteiger partial charge in [0, 0.05) is 19.3 Å². The maximum atomic E-state index is 12.4. The number of rotatable bonds is 9. The summed E-state index contributed by atoms with van der Waals surface area (Å²) < 4.78 is 6.42. The van der Waals surface area contributed by atoms with Crippen LogP contribution in [0.25, 0.3) is 0 Å². The second-order valence-electron chi connectivity index (χ2n) is 7.35. The van der Waals surface area contributed by atoms with Crippen molar-refractivity contribution in [2.45, 2.75) is 63.6 Å². The minimum absolute atomic E-state index is 0.0360. The van der Waals surface area contributed by atoms with Gasteiger partial charge >= 0.3 is 5.97 Å². The van der Waals surface area contributed by atoms with E-state index in [1.54, 1.807) is 6.92 Å². The highest BCUT2D eigenvalue weighted by molar-refractivity contribution is 5.94. The normalized spacial score (nSPS) is 17.1. The number of carbonyl (C=O) groups excluding carboxylic acids is 2. The van der Waals surface area contributed by atoms with Gasteiger partial charge in [-0.3, -0.25) is 19.1 Å². The van der Waals surface area contributed by atoms with Crippen molar-refractivity contribution in [1.82, 2.24) is 20.4 Å². The molecule has 0 aromatic carbocycles. The number of hydrogen-bond donors (Lipinski definition) is 3. The maximum Gasteiger partial charge on any atom is 0.305 e. The van der Waals surface area contributed by atoms with Crippen molar-refractivity contribution in [1.29, 1.82) is 0 Å². The molecule has 9 nitrogen and oxygen atoms in total. The van der Waals surface area contributed by atoms with Gasteiger partial charge < -0.3 is 20.5 Å². The van der Waals surface area contributed by atoms with Crippen molar-refractivity contribution in [3.63, 3.8) is 0 Å². The van der Waals surface area contributed by atoms with Gasteiger partial charge in [-0.15, -0.1) is 0 Å². The lowest BCUT2D eigenvalue weighted by Crippen LogP contribution is -2.50. The number of methoxy groups -OCH3 is 1. The zero-order valence-corrected chi connectivity index (χ0v) is 15.9. The summed E-state index contributed by atoms with van der Waals surface area (Å²) in [5, 5.41) is 18.8. The molecule has 1 aliphatic carbocycles. The number of ether oxygens (including phenoxy) is 1. The fraction of sp³-hybridized carbons (Fsp3) is 0.667. The zero-order chi connectivity index (χ0) is 19.9. The Balaban J connectivity index is 1.92. The molecule has 1 saturated carbocycles. The first-order valence-electron chi connectivity index (χ1n) is 9.16. The SMILES string of the molecule is COCC(C)(CC(=O)O)NC(=O)c1cnn(CC(=O)NC2CCCCC2)c1. The summed E-state index contributed by atoms with van der Waals surface area (Å²) in [4.78, 5) is 35.6. The summed E-state index contributed by atoms with van der Waals surface area (Å²) in [6.45, 7) is 1.70. The highest BCUT2D eigenvalue weighted by Gasteiger charge is 2.30. The first-order chi connectivity index (χ1) is 12.8. The molecule has 9 heteroatoms. The van der Waals surface area contributed by atoms with Gasteiger partial charge in [0.15, 0.2) is 0 Å².